The van der Waals surface area contributed by atoms with Gasteiger partial charge in [0.1, 0.15) is 18.1 Å². The summed E-state index contributed by atoms with van der Waals surface area (Å²) in [6, 6.07) is 16.5. The van der Waals surface area contributed by atoms with Crippen LogP contribution in [0, 0.1) is 13.8 Å². The van der Waals surface area contributed by atoms with Crippen LogP contribution in [0.25, 0.3) is 0 Å². The fraction of sp³-hybridized carbons (Fsp3) is 0.308. The quantitative estimate of drug-likeness (QED) is 0.467. The number of carbonyl (C=O) groups excluding carboxylic acids is 1. The lowest BCUT2D eigenvalue weighted by Crippen LogP contribution is -2.35. The van der Waals surface area contributed by atoms with Gasteiger partial charge < -0.3 is 23.7 Å². The number of likely N-dealkylation sites (N-methyl/N-ethyl adjacent to an activating group) is 1. The predicted molar refractivity (Wildman–Crippen MR) is 129 cm³/mol. The van der Waals surface area contributed by atoms with Crippen LogP contribution in [-0.2, 0) is 11.3 Å². The number of hydrogen-bond donors (Lipinski definition) is 0. The lowest BCUT2D eigenvalue weighted by molar-refractivity contribution is -0.120. The Balaban J connectivity index is 1.63. The third kappa shape index (κ3) is 6.16. The number of aromatic nitrogens is 1. The first-order chi connectivity index (χ1) is 15.9. The maximum Gasteiger partial charge on any atom is 0.264 e. The van der Waals surface area contributed by atoms with E-state index in [0.717, 1.165) is 22.7 Å². The van der Waals surface area contributed by atoms with Crippen LogP contribution < -0.4 is 24.5 Å². The van der Waals surface area contributed by atoms with E-state index in [1.54, 1.807) is 25.1 Å². The molecule has 0 aliphatic heterocycles. The molecule has 7 nitrogen and oxygen atoms in total. The van der Waals surface area contributed by atoms with E-state index < -0.39 is 0 Å². The highest BCUT2D eigenvalue weighted by Gasteiger charge is 2.17. The Labute approximate surface area is 194 Å². The van der Waals surface area contributed by atoms with Crippen molar-refractivity contribution in [1.29, 1.82) is 0 Å². The van der Waals surface area contributed by atoms with Crippen LogP contribution in [0.2, 0.25) is 0 Å². The van der Waals surface area contributed by atoms with Gasteiger partial charge in [0.15, 0.2) is 12.4 Å². The maximum absolute atomic E-state index is 12.8. The minimum Gasteiger partial charge on any atom is -0.497 e. The molecule has 174 valence electrons. The van der Waals surface area contributed by atoms with Crippen molar-refractivity contribution >= 4 is 11.6 Å². The first-order valence-corrected chi connectivity index (χ1v) is 10.9. The Hall–Kier alpha value is -3.74. The number of amides is 1. The molecule has 1 aromatic heterocycles. The normalized spacial score (nSPS) is 10.5. The summed E-state index contributed by atoms with van der Waals surface area (Å²) in [7, 11) is 1.62. The molecule has 0 N–H and O–H groups in total. The number of hydrogen-bond acceptors (Lipinski definition) is 5. The van der Waals surface area contributed by atoms with Gasteiger partial charge in [-0.3, -0.25) is 9.59 Å². The number of anilines is 1. The molecule has 0 spiro atoms. The van der Waals surface area contributed by atoms with E-state index in [1.807, 2.05) is 66.9 Å². The fourth-order valence-electron chi connectivity index (χ4n) is 3.52. The summed E-state index contributed by atoms with van der Waals surface area (Å²) < 4.78 is 18.5. The van der Waals surface area contributed by atoms with Crippen molar-refractivity contribution in [1.82, 2.24) is 4.57 Å². The van der Waals surface area contributed by atoms with E-state index in [9.17, 15) is 9.59 Å². The van der Waals surface area contributed by atoms with Gasteiger partial charge in [-0.05, 0) is 62.7 Å². The molecule has 3 aromatic rings. The average molecular weight is 451 g/mol. The van der Waals surface area contributed by atoms with E-state index in [1.165, 1.54) is 6.07 Å². The van der Waals surface area contributed by atoms with Crippen LogP contribution in [-0.4, -0.2) is 37.3 Å². The molecule has 0 atom stereocenters. The number of methoxy groups -OCH3 is 1. The van der Waals surface area contributed by atoms with Gasteiger partial charge in [-0.25, -0.2) is 0 Å². The molecule has 0 saturated heterocycles. The summed E-state index contributed by atoms with van der Waals surface area (Å²) in [5.41, 5.74) is 2.26. The van der Waals surface area contributed by atoms with E-state index in [2.05, 4.69) is 0 Å². The molecule has 3 rings (SSSR count). The zero-order chi connectivity index (χ0) is 23.8. The number of nitrogens with zero attached hydrogens (tertiary/aromatic N) is 2. The van der Waals surface area contributed by atoms with Crippen molar-refractivity contribution in [3.63, 3.8) is 0 Å². The zero-order valence-corrected chi connectivity index (χ0v) is 19.5. The molecule has 7 heteroatoms. The van der Waals surface area contributed by atoms with E-state index in [4.69, 9.17) is 14.2 Å². The van der Waals surface area contributed by atoms with Crippen LogP contribution >= 0.6 is 0 Å². The molecule has 0 aliphatic rings. The van der Waals surface area contributed by atoms with Crippen molar-refractivity contribution in [2.75, 3.05) is 31.8 Å². The van der Waals surface area contributed by atoms with Crippen LogP contribution in [0.3, 0.4) is 0 Å². The fourth-order valence-corrected chi connectivity index (χ4v) is 3.52. The Kier molecular flexibility index (Phi) is 8.13. The summed E-state index contributed by atoms with van der Waals surface area (Å²) >= 11 is 0. The monoisotopic (exact) mass is 450 g/mol. The van der Waals surface area contributed by atoms with Crippen LogP contribution in [0.4, 0.5) is 5.69 Å². The highest BCUT2D eigenvalue weighted by atomic mass is 16.5. The predicted octanol–water partition coefficient (Wildman–Crippen LogP) is 3.98. The van der Waals surface area contributed by atoms with E-state index in [0.29, 0.717) is 25.4 Å². The van der Waals surface area contributed by atoms with Gasteiger partial charge in [0.05, 0.1) is 19.3 Å². The first-order valence-electron chi connectivity index (χ1n) is 10.9. The zero-order valence-electron chi connectivity index (χ0n) is 19.5. The second kappa shape index (κ2) is 11.2. The highest BCUT2D eigenvalue weighted by Crippen LogP contribution is 2.19. The van der Waals surface area contributed by atoms with Gasteiger partial charge in [0, 0.05) is 24.5 Å². The Morgan fingerprint density at radius 1 is 1.00 bits per heavy atom. The van der Waals surface area contributed by atoms with Gasteiger partial charge in [-0.1, -0.05) is 12.1 Å². The third-order valence-corrected chi connectivity index (χ3v) is 5.32. The Morgan fingerprint density at radius 2 is 1.73 bits per heavy atom. The lowest BCUT2D eigenvalue weighted by Gasteiger charge is -2.22. The smallest absolute Gasteiger partial charge is 0.264 e. The SMILES string of the molecule is CCN(C(=O)COc1c(C)n(CCOc2ccc(OC)cc2)ccc1=O)c1cccc(C)c1. The summed E-state index contributed by atoms with van der Waals surface area (Å²) in [6.07, 6.45) is 1.70. The Bertz CT molecular complexity index is 1140. The molecule has 0 unspecified atom stereocenters. The summed E-state index contributed by atoms with van der Waals surface area (Å²) in [6.45, 7) is 6.90. The molecule has 1 heterocycles. The Morgan fingerprint density at radius 3 is 2.39 bits per heavy atom. The van der Waals surface area contributed by atoms with Crippen LogP contribution in [0.5, 0.6) is 17.2 Å². The van der Waals surface area contributed by atoms with Gasteiger partial charge >= 0.3 is 0 Å². The molecule has 0 bridgehead atoms. The van der Waals surface area contributed by atoms with Crippen LogP contribution in [0.1, 0.15) is 18.2 Å². The average Bonchev–Trinajstić information content (AvgIpc) is 2.81. The largest absolute Gasteiger partial charge is 0.497 e. The lowest BCUT2D eigenvalue weighted by atomic mass is 10.2. The molecule has 0 saturated carbocycles. The minimum absolute atomic E-state index is 0.176. The minimum atomic E-state index is -0.258. The summed E-state index contributed by atoms with van der Waals surface area (Å²) in [5, 5.41) is 0. The number of carbonyl (C=O) groups is 1. The van der Waals surface area contributed by atoms with Crippen molar-refractivity contribution in [2.45, 2.75) is 27.3 Å². The molecule has 0 aliphatic carbocycles. The highest BCUT2D eigenvalue weighted by molar-refractivity contribution is 5.94. The molecule has 0 radical (unpaired) electrons. The maximum atomic E-state index is 12.8. The molecular weight excluding hydrogens is 420 g/mol. The summed E-state index contributed by atoms with van der Waals surface area (Å²) in [4.78, 5) is 26.9. The topological polar surface area (TPSA) is 70.0 Å². The number of aryl methyl sites for hydroxylation is 1. The van der Waals surface area contributed by atoms with Gasteiger partial charge in [0.2, 0.25) is 5.43 Å². The van der Waals surface area contributed by atoms with Crippen LogP contribution in [0.15, 0.2) is 65.6 Å². The van der Waals surface area contributed by atoms with Gasteiger partial charge in [-0.2, -0.15) is 0 Å². The number of pyridine rings is 1. The molecule has 0 fully saturated rings. The summed E-state index contributed by atoms with van der Waals surface area (Å²) in [5.74, 6) is 1.46. The van der Waals surface area contributed by atoms with E-state index >= 15 is 0 Å². The third-order valence-electron chi connectivity index (χ3n) is 5.32. The van der Waals surface area contributed by atoms with Crippen molar-refractivity contribution < 1.29 is 19.0 Å². The second-order valence-electron chi connectivity index (χ2n) is 7.58. The molecule has 1 amide bonds. The van der Waals surface area contributed by atoms with E-state index in [-0.39, 0.29) is 23.7 Å². The number of ether oxygens (including phenoxy) is 3. The van der Waals surface area contributed by atoms with Crippen molar-refractivity contribution in [3.05, 3.63) is 82.3 Å². The standard InChI is InChI=1S/C26H30N2O5/c1-5-28(21-8-6-7-19(2)17-21)25(30)18-33-26-20(3)27(14-13-24(26)29)15-16-32-23-11-9-22(31-4)10-12-23/h6-14,17H,5,15-16,18H2,1-4H3. The number of rotatable bonds is 10. The van der Waals surface area contributed by atoms with Crippen molar-refractivity contribution in [3.8, 4) is 17.2 Å². The van der Waals surface area contributed by atoms with Gasteiger partial charge in [0.25, 0.3) is 5.91 Å². The molecule has 2 aromatic carbocycles. The van der Waals surface area contributed by atoms with Crippen molar-refractivity contribution in [2.24, 2.45) is 0 Å². The molecule has 33 heavy (non-hydrogen) atoms. The molecular formula is C26H30N2O5. The first kappa shape index (κ1) is 23.9. The van der Waals surface area contributed by atoms with Gasteiger partial charge in [-0.15, -0.1) is 0 Å². The second-order valence-corrected chi connectivity index (χ2v) is 7.58. The number of benzene rings is 2.